The molecule has 20 heavy (non-hydrogen) atoms. The molecule has 0 spiro atoms. The van der Waals surface area contributed by atoms with Crippen LogP contribution in [0.15, 0.2) is 48.5 Å². The number of rotatable bonds is 3. The summed E-state index contributed by atoms with van der Waals surface area (Å²) in [6.45, 7) is 8.58. The molecule has 0 N–H and O–H groups in total. The summed E-state index contributed by atoms with van der Waals surface area (Å²) >= 11 is 0. The lowest BCUT2D eigenvalue weighted by molar-refractivity contribution is 0.0993. The molecule has 0 saturated heterocycles. The molecule has 0 aromatic heterocycles. The molecule has 0 heterocycles. The van der Waals surface area contributed by atoms with Gasteiger partial charge in [-0.25, -0.2) is 0 Å². The Balaban J connectivity index is 2.11. The van der Waals surface area contributed by atoms with E-state index in [1.54, 1.807) is 0 Å². The monoisotopic (exact) mass is 266 g/mol. The average Bonchev–Trinajstić information content (AvgIpc) is 2.40. The van der Waals surface area contributed by atoms with Gasteiger partial charge in [-0.3, -0.25) is 4.79 Å². The lowest BCUT2D eigenvalue weighted by atomic mass is 9.86. The molecule has 0 aliphatic rings. The molecule has 1 heteroatoms. The normalized spacial score (nSPS) is 11.4. The Morgan fingerprint density at radius 1 is 0.900 bits per heavy atom. The predicted molar refractivity (Wildman–Crippen MR) is 84.4 cm³/mol. The Morgan fingerprint density at radius 2 is 1.45 bits per heavy atom. The third-order valence-corrected chi connectivity index (χ3v) is 3.56. The van der Waals surface area contributed by atoms with E-state index in [1.807, 2.05) is 36.4 Å². The summed E-state index contributed by atoms with van der Waals surface area (Å²) < 4.78 is 0. The molecule has 0 aliphatic heterocycles. The van der Waals surface area contributed by atoms with Crippen LogP contribution in [0.4, 0.5) is 0 Å². The summed E-state index contributed by atoms with van der Waals surface area (Å²) in [5.74, 6) is 0.175. The molecule has 0 saturated carbocycles. The van der Waals surface area contributed by atoms with Gasteiger partial charge >= 0.3 is 0 Å². The maximum atomic E-state index is 12.3. The molecule has 2 aromatic rings. The zero-order valence-electron chi connectivity index (χ0n) is 12.7. The van der Waals surface area contributed by atoms with Crippen molar-refractivity contribution >= 4 is 5.78 Å². The fourth-order valence-electron chi connectivity index (χ4n) is 2.15. The lowest BCUT2D eigenvalue weighted by Gasteiger charge is -2.19. The number of carbonyl (C=O) groups excluding carboxylic acids is 1. The maximum absolute atomic E-state index is 12.3. The molecule has 2 rings (SSSR count). The van der Waals surface area contributed by atoms with Gasteiger partial charge in [-0.2, -0.15) is 0 Å². The van der Waals surface area contributed by atoms with Gasteiger partial charge in [0.1, 0.15) is 0 Å². The fourth-order valence-corrected chi connectivity index (χ4v) is 2.15. The first kappa shape index (κ1) is 14.5. The van der Waals surface area contributed by atoms with Crippen LogP contribution in [-0.4, -0.2) is 5.78 Å². The third-order valence-electron chi connectivity index (χ3n) is 3.56. The Labute approximate surface area is 121 Å². The molecular formula is C19H22O. The van der Waals surface area contributed by atoms with Crippen LogP contribution in [0.2, 0.25) is 0 Å². The van der Waals surface area contributed by atoms with Gasteiger partial charge in [0.05, 0.1) is 0 Å². The van der Waals surface area contributed by atoms with Crippen molar-refractivity contribution in [2.45, 2.75) is 39.5 Å². The van der Waals surface area contributed by atoms with Gasteiger partial charge in [0, 0.05) is 12.0 Å². The molecule has 104 valence electrons. The molecule has 0 amide bonds. The molecule has 0 unspecified atom stereocenters. The minimum atomic E-state index is 0.124. The minimum Gasteiger partial charge on any atom is -0.294 e. The topological polar surface area (TPSA) is 17.1 Å². The first-order valence-corrected chi connectivity index (χ1v) is 7.05. The van der Waals surface area contributed by atoms with Crippen LogP contribution in [0.5, 0.6) is 0 Å². The standard InChI is InChI=1S/C19H22O/c1-14-5-7-15(8-6-14)13-18(20)16-9-11-17(12-10-16)19(2,3)4/h5-12H,13H2,1-4H3. The van der Waals surface area contributed by atoms with Gasteiger partial charge in [-0.1, -0.05) is 74.9 Å². The van der Waals surface area contributed by atoms with Crippen molar-refractivity contribution in [1.29, 1.82) is 0 Å². The van der Waals surface area contributed by atoms with Gasteiger partial charge in [0.2, 0.25) is 0 Å². The van der Waals surface area contributed by atoms with E-state index in [4.69, 9.17) is 0 Å². The van der Waals surface area contributed by atoms with Gasteiger partial charge in [0.15, 0.2) is 5.78 Å². The maximum Gasteiger partial charge on any atom is 0.167 e. The van der Waals surface area contributed by atoms with Gasteiger partial charge < -0.3 is 0 Å². The number of hydrogen-bond acceptors (Lipinski definition) is 1. The number of benzene rings is 2. The zero-order valence-corrected chi connectivity index (χ0v) is 12.7. The van der Waals surface area contributed by atoms with Gasteiger partial charge in [0.25, 0.3) is 0 Å². The molecule has 0 radical (unpaired) electrons. The smallest absolute Gasteiger partial charge is 0.167 e. The van der Waals surface area contributed by atoms with Crippen LogP contribution < -0.4 is 0 Å². The molecule has 0 fully saturated rings. The first-order valence-electron chi connectivity index (χ1n) is 7.05. The second kappa shape index (κ2) is 5.62. The highest BCUT2D eigenvalue weighted by Crippen LogP contribution is 2.22. The third kappa shape index (κ3) is 3.57. The van der Waals surface area contributed by atoms with Crippen molar-refractivity contribution in [3.05, 3.63) is 70.8 Å². The van der Waals surface area contributed by atoms with Crippen LogP contribution in [0.1, 0.15) is 47.8 Å². The van der Waals surface area contributed by atoms with E-state index < -0.39 is 0 Å². The highest BCUT2D eigenvalue weighted by atomic mass is 16.1. The Hall–Kier alpha value is -1.89. The summed E-state index contributed by atoms with van der Waals surface area (Å²) in [6.07, 6.45) is 0.467. The number of carbonyl (C=O) groups is 1. The van der Waals surface area contributed by atoms with Crippen LogP contribution in [-0.2, 0) is 11.8 Å². The molecular weight excluding hydrogens is 244 g/mol. The summed E-state index contributed by atoms with van der Waals surface area (Å²) in [7, 11) is 0. The Kier molecular flexibility index (Phi) is 4.08. The molecule has 1 nitrogen and oxygen atoms in total. The molecule has 0 bridgehead atoms. The quantitative estimate of drug-likeness (QED) is 0.735. The Bertz CT molecular complexity index is 583. The van der Waals surface area contributed by atoms with E-state index in [0.29, 0.717) is 6.42 Å². The number of ketones is 1. The van der Waals surface area contributed by atoms with Crippen LogP contribution in [0, 0.1) is 6.92 Å². The van der Waals surface area contributed by atoms with Crippen molar-refractivity contribution in [2.24, 2.45) is 0 Å². The lowest BCUT2D eigenvalue weighted by Crippen LogP contribution is -2.11. The van der Waals surface area contributed by atoms with E-state index in [2.05, 4.69) is 39.8 Å². The van der Waals surface area contributed by atoms with Crippen molar-refractivity contribution in [1.82, 2.24) is 0 Å². The van der Waals surface area contributed by atoms with E-state index in [0.717, 1.165) is 11.1 Å². The summed E-state index contributed by atoms with van der Waals surface area (Å²) in [4.78, 5) is 12.3. The minimum absolute atomic E-state index is 0.124. The number of Topliss-reactive ketones (excluding diaryl/α,β-unsaturated/α-hetero) is 1. The fraction of sp³-hybridized carbons (Fsp3) is 0.316. The number of aryl methyl sites for hydroxylation is 1. The van der Waals surface area contributed by atoms with Gasteiger partial charge in [-0.05, 0) is 23.5 Å². The largest absolute Gasteiger partial charge is 0.294 e. The van der Waals surface area contributed by atoms with E-state index in [1.165, 1.54) is 11.1 Å². The zero-order chi connectivity index (χ0) is 14.8. The van der Waals surface area contributed by atoms with Gasteiger partial charge in [-0.15, -0.1) is 0 Å². The predicted octanol–water partition coefficient (Wildman–Crippen LogP) is 4.72. The number of hydrogen-bond donors (Lipinski definition) is 0. The second-order valence-electron chi connectivity index (χ2n) is 6.41. The van der Waals surface area contributed by atoms with Crippen molar-refractivity contribution in [2.75, 3.05) is 0 Å². The van der Waals surface area contributed by atoms with E-state index >= 15 is 0 Å². The van der Waals surface area contributed by atoms with Crippen molar-refractivity contribution < 1.29 is 4.79 Å². The summed E-state index contributed by atoms with van der Waals surface area (Å²) in [5.41, 5.74) is 4.46. The molecule has 0 aliphatic carbocycles. The van der Waals surface area contributed by atoms with Crippen molar-refractivity contribution in [3.8, 4) is 0 Å². The highest BCUT2D eigenvalue weighted by molar-refractivity contribution is 5.97. The molecule has 0 atom stereocenters. The van der Waals surface area contributed by atoms with Crippen LogP contribution in [0.25, 0.3) is 0 Å². The summed E-state index contributed by atoms with van der Waals surface area (Å²) in [6, 6.07) is 16.1. The summed E-state index contributed by atoms with van der Waals surface area (Å²) in [5, 5.41) is 0. The Morgan fingerprint density at radius 3 is 1.95 bits per heavy atom. The van der Waals surface area contributed by atoms with Crippen molar-refractivity contribution in [3.63, 3.8) is 0 Å². The van der Waals surface area contributed by atoms with E-state index in [-0.39, 0.29) is 11.2 Å². The highest BCUT2D eigenvalue weighted by Gasteiger charge is 2.14. The van der Waals surface area contributed by atoms with Crippen LogP contribution in [0.3, 0.4) is 0 Å². The molecule has 2 aromatic carbocycles. The average molecular weight is 266 g/mol. The van der Waals surface area contributed by atoms with E-state index in [9.17, 15) is 4.79 Å². The SMILES string of the molecule is Cc1ccc(CC(=O)c2ccc(C(C)(C)C)cc2)cc1. The first-order chi connectivity index (χ1) is 9.36. The second-order valence-corrected chi connectivity index (χ2v) is 6.41. The van der Waals surface area contributed by atoms with Crippen LogP contribution >= 0.6 is 0 Å².